The number of aliphatic hydroxyl groups is 1. The number of aliphatic hydroxyl groups excluding tert-OH is 1. The molecule has 41 valence electrons. The molecule has 1 radical (unpaired) electrons. The van der Waals surface area contributed by atoms with Crippen LogP contribution in [0.25, 0.3) is 0 Å². The summed E-state index contributed by atoms with van der Waals surface area (Å²) in [5, 5.41) is 15.8. The minimum absolute atomic E-state index is 0. The first kappa shape index (κ1) is 10.1. The number of carboxylic acid groups (broad SMARTS) is 1. The van der Waals surface area contributed by atoms with Gasteiger partial charge in [0, 0.05) is 18.6 Å². The Labute approximate surface area is 53.2 Å². The number of hydrogen-bond donors (Lipinski definition) is 2. The average molecular weight is 141 g/mol. The number of carbonyl (C=O) groups is 1. The van der Waals surface area contributed by atoms with Gasteiger partial charge in [0.05, 0.1) is 0 Å². The molecule has 0 aromatic carbocycles. The third-order valence-electron chi connectivity index (χ3n) is 0.357. The van der Waals surface area contributed by atoms with Crippen LogP contribution >= 0.6 is 0 Å². The maximum atomic E-state index is 9.45. The Morgan fingerprint density at radius 3 is 1.86 bits per heavy atom. The molecule has 0 aliphatic heterocycles. The van der Waals surface area contributed by atoms with Gasteiger partial charge in [-0.05, 0) is 6.92 Å². The molecule has 0 fully saturated rings. The third kappa shape index (κ3) is 6.01. The van der Waals surface area contributed by atoms with Gasteiger partial charge in [0.25, 0.3) is 0 Å². The quantitative estimate of drug-likeness (QED) is 0.515. The summed E-state index contributed by atoms with van der Waals surface area (Å²) < 4.78 is 0. The fourth-order valence-electron chi connectivity index (χ4n) is 0. The first-order valence-corrected chi connectivity index (χ1v) is 1.55. The molecule has 2 N–H and O–H groups in total. The van der Waals surface area contributed by atoms with E-state index in [9.17, 15) is 4.79 Å². The summed E-state index contributed by atoms with van der Waals surface area (Å²) in [6, 6.07) is 0. The number of aliphatic carboxylic acids is 1. The Morgan fingerprint density at radius 1 is 1.71 bits per heavy atom. The fraction of sp³-hybridized carbons (Fsp3) is 0.667. The van der Waals surface area contributed by atoms with Crippen LogP contribution in [-0.4, -0.2) is 22.3 Å². The first-order chi connectivity index (χ1) is 2.64. The fourth-order valence-corrected chi connectivity index (χ4v) is 0. The zero-order chi connectivity index (χ0) is 5.15. The topological polar surface area (TPSA) is 57.5 Å². The van der Waals surface area contributed by atoms with Crippen molar-refractivity contribution in [3.8, 4) is 0 Å². The monoisotopic (exact) mass is 141 g/mol. The second-order valence-electron chi connectivity index (χ2n) is 1.01. The summed E-state index contributed by atoms with van der Waals surface area (Å²) in [6.45, 7) is 1.20. The molecule has 0 aliphatic rings. The van der Waals surface area contributed by atoms with Gasteiger partial charge >= 0.3 is 5.97 Å². The summed E-state index contributed by atoms with van der Waals surface area (Å²) in [5.74, 6) is -1.19. The van der Waals surface area contributed by atoms with Crippen LogP contribution in [-0.2, 0) is 23.4 Å². The summed E-state index contributed by atoms with van der Waals surface area (Å²) >= 11 is 0. The predicted molar refractivity (Wildman–Crippen MR) is 19.3 cm³/mol. The Balaban J connectivity index is 0. The molecule has 0 heterocycles. The van der Waals surface area contributed by atoms with Crippen molar-refractivity contribution in [1.82, 2.24) is 0 Å². The Kier molecular flexibility index (Phi) is 6.03. The zero-order valence-electron chi connectivity index (χ0n) is 3.83. The number of carboxylic acids is 1. The van der Waals surface area contributed by atoms with Gasteiger partial charge in [0.1, 0.15) is 6.10 Å². The van der Waals surface area contributed by atoms with Crippen LogP contribution < -0.4 is 0 Å². The molecular weight excluding hydrogens is 135 g/mol. The van der Waals surface area contributed by atoms with Crippen molar-refractivity contribution in [2.75, 3.05) is 0 Å². The van der Waals surface area contributed by atoms with E-state index < -0.39 is 12.1 Å². The summed E-state index contributed by atoms with van der Waals surface area (Å²) in [4.78, 5) is 9.45. The van der Waals surface area contributed by atoms with Crippen molar-refractivity contribution in [2.24, 2.45) is 0 Å². The number of hydrogen-bond acceptors (Lipinski definition) is 2. The Bertz CT molecular complexity index is 61.2. The molecular formula is C3H6O3V. The molecule has 0 amide bonds. The molecule has 0 rings (SSSR count). The van der Waals surface area contributed by atoms with Crippen molar-refractivity contribution in [3.63, 3.8) is 0 Å². The predicted octanol–water partition coefficient (Wildman–Crippen LogP) is -0.551. The van der Waals surface area contributed by atoms with Crippen molar-refractivity contribution in [2.45, 2.75) is 13.0 Å². The van der Waals surface area contributed by atoms with E-state index in [1.165, 1.54) is 6.92 Å². The number of rotatable bonds is 1. The molecule has 0 bridgehead atoms. The molecule has 1 atom stereocenters. The van der Waals surface area contributed by atoms with E-state index in [1.54, 1.807) is 0 Å². The van der Waals surface area contributed by atoms with Crippen molar-refractivity contribution < 1.29 is 33.6 Å². The van der Waals surface area contributed by atoms with Crippen molar-refractivity contribution >= 4 is 5.97 Å². The van der Waals surface area contributed by atoms with E-state index in [4.69, 9.17) is 10.2 Å². The van der Waals surface area contributed by atoms with Gasteiger partial charge in [-0.3, -0.25) is 0 Å². The second kappa shape index (κ2) is 4.18. The minimum Gasteiger partial charge on any atom is -0.479 e. The van der Waals surface area contributed by atoms with Crippen molar-refractivity contribution in [1.29, 1.82) is 0 Å². The minimum atomic E-state index is -1.23. The van der Waals surface area contributed by atoms with Gasteiger partial charge in [-0.1, -0.05) is 0 Å². The van der Waals surface area contributed by atoms with E-state index in [1.807, 2.05) is 0 Å². The maximum Gasteiger partial charge on any atom is 0.332 e. The van der Waals surface area contributed by atoms with Gasteiger partial charge in [0.15, 0.2) is 0 Å². The SMILES string of the molecule is CC(O)C(=O)O.[V]. The molecule has 0 saturated carbocycles. The van der Waals surface area contributed by atoms with Crippen LogP contribution in [0.2, 0.25) is 0 Å². The van der Waals surface area contributed by atoms with E-state index in [0.717, 1.165) is 0 Å². The van der Waals surface area contributed by atoms with Gasteiger partial charge < -0.3 is 10.2 Å². The molecule has 0 saturated heterocycles. The molecule has 0 aromatic heterocycles. The van der Waals surface area contributed by atoms with Gasteiger partial charge in [-0.15, -0.1) is 0 Å². The van der Waals surface area contributed by atoms with Crippen LogP contribution in [0.15, 0.2) is 0 Å². The standard InChI is InChI=1S/C3H6O3.V/c1-2(4)3(5)6;/h2,4H,1H3,(H,5,6);. The van der Waals surface area contributed by atoms with E-state index >= 15 is 0 Å². The largest absolute Gasteiger partial charge is 0.479 e. The van der Waals surface area contributed by atoms with Gasteiger partial charge in [-0.2, -0.15) is 0 Å². The van der Waals surface area contributed by atoms with Crippen LogP contribution in [0.4, 0.5) is 0 Å². The molecule has 0 aromatic rings. The van der Waals surface area contributed by atoms with Crippen LogP contribution in [0.1, 0.15) is 6.92 Å². The second-order valence-corrected chi connectivity index (χ2v) is 1.01. The molecule has 7 heavy (non-hydrogen) atoms. The molecule has 4 heteroatoms. The smallest absolute Gasteiger partial charge is 0.332 e. The van der Waals surface area contributed by atoms with Crippen LogP contribution in [0, 0.1) is 0 Å². The van der Waals surface area contributed by atoms with E-state index in [-0.39, 0.29) is 18.6 Å². The maximum absolute atomic E-state index is 9.45. The molecule has 1 unspecified atom stereocenters. The normalized spacial score (nSPS) is 11.7. The zero-order valence-corrected chi connectivity index (χ0v) is 5.22. The van der Waals surface area contributed by atoms with Crippen LogP contribution in [0.5, 0.6) is 0 Å². The first-order valence-electron chi connectivity index (χ1n) is 1.55. The summed E-state index contributed by atoms with van der Waals surface area (Å²) in [7, 11) is 0. The van der Waals surface area contributed by atoms with Crippen LogP contribution in [0.3, 0.4) is 0 Å². The molecule has 3 nitrogen and oxygen atoms in total. The van der Waals surface area contributed by atoms with E-state index in [0.29, 0.717) is 0 Å². The van der Waals surface area contributed by atoms with E-state index in [2.05, 4.69) is 0 Å². The van der Waals surface area contributed by atoms with Crippen molar-refractivity contribution in [3.05, 3.63) is 0 Å². The Hall–Kier alpha value is 0.0144. The average Bonchev–Trinajstić information content (AvgIpc) is 1.36. The summed E-state index contributed by atoms with van der Waals surface area (Å²) in [6.07, 6.45) is -1.23. The Morgan fingerprint density at radius 2 is 1.86 bits per heavy atom. The van der Waals surface area contributed by atoms with Gasteiger partial charge in [0.2, 0.25) is 0 Å². The summed E-state index contributed by atoms with van der Waals surface area (Å²) in [5.41, 5.74) is 0. The molecule has 0 spiro atoms. The molecule has 0 aliphatic carbocycles. The van der Waals surface area contributed by atoms with Gasteiger partial charge in [-0.25, -0.2) is 4.79 Å². The third-order valence-corrected chi connectivity index (χ3v) is 0.357.